The number of nitrogens with one attached hydrogen (secondary N) is 3. The number of pyridine rings is 2. The number of aliphatic hydroxyl groups excluding tert-OH is 1. The van der Waals surface area contributed by atoms with Crippen LogP contribution >= 0.6 is 0 Å². The summed E-state index contributed by atoms with van der Waals surface area (Å²) in [5.74, 6) is 1.19. The Bertz CT molecular complexity index is 1900. The number of hydrogen-bond donors (Lipinski definition) is 5. The maximum Gasteiger partial charge on any atom is 0.319 e. The van der Waals surface area contributed by atoms with Crippen molar-refractivity contribution in [1.82, 2.24) is 40.0 Å². The smallest absolute Gasteiger partial charge is 0.319 e. The van der Waals surface area contributed by atoms with Gasteiger partial charge in [-0.05, 0) is 69.1 Å². The fourth-order valence-electron chi connectivity index (χ4n) is 6.74. The van der Waals surface area contributed by atoms with E-state index in [9.17, 15) is 9.59 Å². The third kappa shape index (κ3) is 9.28. The number of ether oxygens (including phenoxy) is 1. The maximum atomic E-state index is 13.4. The lowest BCUT2D eigenvalue weighted by molar-refractivity contribution is -0.122. The van der Waals surface area contributed by atoms with Crippen LogP contribution in [0.5, 0.6) is 5.75 Å². The first-order valence-corrected chi connectivity index (χ1v) is 17.9. The summed E-state index contributed by atoms with van der Waals surface area (Å²) in [7, 11) is 2.16. The maximum absolute atomic E-state index is 13.4. The Balaban J connectivity index is 0.00000175. The van der Waals surface area contributed by atoms with Crippen molar-refractivity contribution in [2.24, 2.45) is 0 Å². The van der Waals surface area contributed by atoms with E-state index >= 15 is 0 Å². The van der Waals surface area contributed by atoms with Gasteiger partial charge in [0.25, 0.3) is 12.4 Å². The minimum absolute atomic E-state index is 0.112. The van der Waals surface area contributed by atoms with E-state index in [-0.39, 0.29) is 54.4 Å². The highest BCUT2D eigenvalue weighted by molar-refractivity contribution is 5.95. The Morgan fingerprint density at radius 2 is 1.68 bits per heavy atom. The molecule has 5 N–H and O–H groups in total. The summed E-state index contributed by atoms with van der Waals surface area (Å²) in [5.41, 5.74) is 3.41. The average Bonchev–Trinajstić information content (AvgIpc) is 3.56. The van der Waals surface area contributed by atoms with Crippen molar-refractivity contribution in [1.29, 1.82) is 0 Å². The number of nitrogens with zero attached hydrogens (tertiary/aromatic N) is 6. The summed E-state index contributed by atoms with van der Waals surface area (Å²) in [6.07, 6.45) is 3.15. The van der Waals surface area contributed by atoms with Gasteiger partial charge in [-0.2, -0.15) is 0 Å². The Labute approximate surface area is 309 Å². The molecule has 0 saturated carbocycles. The second-order valence-electron chi connectivity index (χ2n) is 14.9. The largest absolute Gasteiger partial charge is 0.484 e. The number of carbonyl (C=O) groups excluding carboxylic acids is 2. The van der Waals surface area contributed by atoms with E-state index in [1.54, 1.807) is 12.1 Å². The molecule has 15 heteroatoms. The van der Waals surface area contributed by atoms with Gasteiger partial charge in [0.2, 0.25) is 0 Å². The molecule has 1 aliphatic heterocycles. The van der Waals surface area contributed by atoms with Crippen LogP contribution in [-0.2, 0) is 15.7 Å². The van der Waals surface area contributed by atoms with E-state index in [1.807, 2.05) is 61.7 Å². The quantitative estimate of drug-likeness (QED) is 0.156. The number of fused-ring (bicyclic) bond motifs is 2. The van der Waals surface area contributed by atoms with Gasteiger partial charge in [0.15, 0.2) is 11.5 Å². The highest BCUT2D eigenvalue weighted by Gasteiger charge is 2.35. The molecule has 1 aromatic carbocycles. The van der Waals surface area contributed by atoms with Crippen molar-refractivity contribution in [3.63, 3.8) is 0 Å². The third-order valence-corrected chi connectivity index (χ3v) is 9.72. The summed E-state index contributed by atoms with van der Waals surface area (Å²) >= 11 is 0. The highest BCUT2D eigenvalue weighted by Crippen LogP contribution is 2.39. The van der Waals surface area contributed by atoms with Gasteiger partial charge < -0.3 is 35.8 Å². The van der Waals surface area contributed by atoms with Crippen LogP contribution in [0.2, 0.25) is 0 Å². The van der Waals surface area contributed by atoms with Crippen LogP contribution in [0.1, 0.15) is 92.7 Å². The topological polar surface area (TPSA) is 187 Å². The number of aromatic nitrogens is 4. The fourth-order valence-corrected chi connectivity index (χ4v) is 6.74. The number of amides is 3. The zero-order valence-electron chi connectivity index (χ0n) is 31.3. The van der Waals surface area contributed by atoms with E-state index in [0.29, 0.717) is 24.2 Å². The van der Waals surface area contributed by atoms with Gasteiger partial charge in [-0.25, -0.2) is 9.78 Å². The molecule has 4 aromatic rings. The molecule has 2 aliphatic rings. The average molecular weight is 730 g/mol. The van der Waals surface area contributed by atoms with Crippen molar-refractivity contribution in [3.05, 3.63) is 83.1 Å². The summed E-state index contributed by atoms with van der Waals surface area (Å²) in [6.45, 7) is 14.0. The summed E-state index contributed by atoms with van der Waals surface area (Å²) in [6, 6.07) is 14.6. The van der Waals surface area contributed by atoms with Crippen LogP contribution in [0, 0.1) is 0 Å². The molecule has 1 fully saturated rings. The van der Waals surface area contributed by atoms with E-state index in [4.69, 9.17) is 19.7 Å². The first kappa shape index (κ1) is 39.1. The van der Waals surface area contributed by atoms with Crippen LogP contribution in [0.4, 0.5) is 10.5 Å². The Morgan fingerprint density at radius 1 is 0.981 bits per heavy atom. The van der Waals surface area contributed by atoms with Gasteiger partial charge in [-0.1, -0.05) is 45.0 Å². The lowest BCUT2D eigenvalue weighted by Gasteiger charge is -2.42. The predicted molar refractivity (Wildman–Crippen MR) is 200 cm³/mol. The molecule has 6 rings (SSSR count). The standard InChI is InChI=1S/C37H49N9O4.CH2O2/c1-36(2,3)31-22-24(21-29(40-31)33(48)38-15-20-47)39-35(49)41-28-12-13-30(27-10-8-7-9-26(27)28)50-25-11-14-32-42-43-34(46(32)23-25)37(4,5)45-18-16-44(6)17-19-45;2-1-3/h7-11,14,21-23,28,30,47H,12-13,15-20H2,1-6H3,(H,38,48)(H2,39,40,41,49);1H,(H,2,3)/t28-,30+;/m0./s1. The number of urea groups is 1. The number of benzene rings is 1. The number of piperazine rings is 1. The Morgan fingerprint density at radius 3 is 2.36 bits per heavy atom. The van der Waals surface area contributed by atoms with Gasteiger partial charge >= 0.3 is 6.03 Å². The molecular formula is C38H51N9O6. The molecule has 0 unspecified atom stereocenters. The number of carbonyl (C=O) groups is 3. The monoisotopic (exact) mass is 729 g/mol. The third-order valence-electron chi connectivity index (χ3n) is 9.72. The molecule has 0 radical (unpaired) electrons. The van der Waals surface area contributed by atoms with Crippen LogP contribution in [-0.4, -0.2) is 104 Å². The van der Waals surface area contributed by atoms with Crippen LogP contribution in [0.15, 0.2) is 54.7 Å². The summed E-state index contributed by atoms with van der Waals surface area (Å²) in [4.78, 5) is 43.8. The number of anilines is 1. The number of rotatable bonds is 9. The fraction of sp³-hybridized carbons (Fsp3) is 0.474. The first-order valence-electron chi connectivity index (χ1n) is 17.9. The predicted octanol–water partition coefficient (Wildman–Crippen LogP) is 4.10. The number of carboxylic acid groups (broad SMARTS) is 1. The highest BCUT2D eigenvalue weighted by atomic mass is 16.5. The van der Waals surface area contributed by atoms with Crippen molar-refractivity contribution >= 4 is 29.7 Å². The minimum Gasteiger partial charge on any atom is -0.484 e. The lowest BCUT2D eigenvalue weighted by atomic mass is 9.85. The molecule has 0 spiro atoms. The second kappa shape index (κ2) is 16.7. The zero-order valence-corrected chi connectivity index (χ0v) is 31.3. The van der Waals surface area contributed by atoms with Gasteiger partial charge in [-0.3, -0.25) is 18.9 Å². The van der Waals surface area contributed by atoms with Crippen LogP contribution in [0.3, 0.4) is 0 Å². The molecule has 0 bridgehead atoms. The molecule has 15 nitrogen and oxygen atoms in total. The van der Waals surface area contributed by atoms with Crippen LogP contribution in [0.25, 0.3) is 5.65 Å². The summed E-state index contributed by atoms with van der Waals surface area (Å²) in [5, 5.41) is 33.8. The number of likely N-dealkylation sites (N-methyl/N-ethyl adjacent to an activating group) is 1. The Kier molecular flexibility index (Phi) is 12.3. The van der Waals surface area contributed by atoms with Crippen molar-refractivity contribution in [2.45, 2.75) is 70.6 Å². The van der Waals surface area contributed by atoms with Crippen molar-refractivity contribution in [3.8, 4) is 5.75 Å². The van der Waals surface area contributed by atoms with E-state index < -0.39 is 5.91 Å². The first-order chi connectivity index (χ1) is 25.2. The second-order valence-corrected chi connectivity index (χ2v) is 14.9. The normalized spacial score (nSPS) is 17.9. The van der Waals surface area contributed by atoms with E-state index in [2.05, 4.69) is 67.9 Å². The molecule has 1 aliphatic carbocycles. The molecular weight excluding hydrogens is 678 g/mol. The number of hydrogen-bond acceptors (Lipinski definition) is 10. The molecule has 4 heterocycles. The SMILES string of the molecule is CN1CCN(C(C)(C)c2nnc3ccc(O[C@@H]4CC[C@H](NC(=O)Nc5cc(C(=O)NCCO)nc(C(C)(C)C)c5)c5ccccc54)cn23)CC1.O=CO. The number of aliphatic hydroxyl groups is 1. The summed E-state index contributed by atoms with van der Waals surface area (Å²) < 4.78 is 8.70. The van der Waals surface area contributed by atoms with Gasteiger partial charge in [0.05, 0.1) is 24.4 Å². The van der Waals surface area contributed by atoms with Crippen molar-refractivity contribution in [2.75, 3.05) is 51.7 Å². The molecule has 53 heavy (non-hydrogen) atoms. The molecule has 1 saturated heterocycles. The van der Waals surface area contributed by atoms with Gasteiger partial charge in [-0.15, -0.1) is 10.2 Å². The van der Waals surface area contributed by atoms with E-state index in [0.717, 1.165) is 54.5 Å². The molecule has 284 valence electrons. The van der Waals surface area contributed by atoms with E-state index in [1.165, 1.54) is 0 Å². The minimum atomic E-state index is -0.417. The van der Waals surface area contributed by atoms with Crippen LogP contribution < -0.4 is 20.7 Å². The van der Waals surface area contributed by atoms with Crippen molar-refractivity contribution < 1.29 is 29.3 Å². The molecule has 3 aromatic heterocycles. The van der Waals surface area contributed by atoms with Gasteiger partial charge in [0, 0.05) is 49.5 Å². The molecule has 3 amide bonds. The van der Waals surface area contributed by atoms with Gasteiger partial charge in [0.1, 0.15) is 17.5 Å². The molecule has 2 atom stereocenters. The lowest BCUT2D eigenvalue weighted by Crippen LogP contribution is -2.52. The Hall–Kier alpha value is -5.12. The zero-order chi connectivity index (χ0) is 38.3.